The molecule has 0 aliphatic carbocycles. The Balaban J connectivity index is 1.95. The molecule has 3 rings (SSSR count). The third-order valence-electron chi connectivity index (χ3n) is 4.01. The van der Waals surface area contributed by atoms with Crippen LogP contribution < -0.4 is 4.90 Å². The highest BCUT2D eigenvalue weighted by Crippen LogP contribution is 2.41. The highest BCUT2D eigenvalue weighted by Gasteiger charge is 2.61. The largest absolute Gasteiger partial charge is 0.461 e. The zero-order valence-electron chi connectivity index (χ0n) is 13.1. The Morgan fingerprint density at radius 1 is 1.40 bits per heavy atom. The van der Waals surface area contributed by atoms with Crippen LogP contribution in [0.15, 0.2) is 39.1 Å². The van der Waals surface area contributed by atoms with Crippen LogP contribution in [0.2, 0.25) is 0 Å². The van der Waals surface area contributed by atoms with Crippen molar-refractivity contribution in [3.8, 4) is 0 Å². The third kappa shape index (κ3) is 2.72. The minimum Gasteiger partial charge on any atom is -0.461 e. The van der Waals surface area contributed by atoms with Gasteiger partial charge in [0.1, 0.15) is 0 Å². The molecular formula is C15H13BrN4O5. The second-order valence-corrected chi connectivity index (χ2v) is 6.45. The van der Waals surface area contributed by atoms with Crippen LogP contribution in [0.25, 0.3) is 0 Å². The van der Waals surface area contributed by atoms with E-state index in [2.05, 4.69) is 26.3 Å². The van der Waals surface area contributed by atoms with Crippen LogP contribution in [-0.2, 0) is 19.1 Å². The van der Waals surface area contributed by atoms with Gasteiger partial charge in [-0.25, -0.2) is 9.69 Å². The van der Waals surface area contributed by atoms with Crippen LogP contribution in [0, 0.1) is 4.91 Å². The molecule has 0 N–H and O–H groups in total. The number of amides is 2. The van der Waals surface area contributed by atoms with Crippen LogP contribution in [0.1, 0.15) is 19.8 Å². The van der Waals surface area contributed by atoms with E-state index < -0.39 is 23.3 Å². The molecule has 25 heavy (non-hydrogen) atoms. The Morgan fingerprint density at radius 2 is 2.16 bits per heavy atom. The van der Waals surface area contributed by atoms with Gasteiger partial charge < -0.3 is 4.74 Å². The minimum atomic E-state index is -1.62. The fourth-order valence-corrected chi connectivity index (χ4v) is 3.30. The van der Waals surface area contributed by atoms with Gasteiger partial charge in [-0.1, -0.05) is 22.0 Å². The summed E-state index contributed by atoms with van der Waals surface area (Å²) in [7, 11) is 0. The number of halogens is 1. The first-order chi connectivity index (χ1) is 11.9. The molecular weight excluding hydrogens is 396 g/mol. The topological polar surface area (TPSA) is 109 Å². The van der Waals surface area contributed by atoms with Crippen LogP contribution in [-0.4, -0.2) is 40.8 Å². The number of hydrogen-bond donors (Lipinski definition) is 0. The Labute approximate surface area is 150 Å². The number of nitrogens with zero attached hydrogens (tertiary/aromatic N) is 4. The van der Waals surface area contributed by atoms with Crippen LogP contribution in [0.5, 0.6) is 0 Å². The molecule has 10 heteroatoms. The summed E-state index contributed by atoms with van der Waals surface area (Å²) in [6.07, 6.45) is -0.525. The van der Waals surface area contributed by atoms with E-state index in [1.807, 2.05) is 0 Å². The molecule has 0 radical (unpaired) electrons. The van der Waals surface area contributed by atoms with Crippen molar-refractivity contribution in [2.45, 2.75) is 25.3 Å². The Hall–Kier alpha value is -2.62. The van der Waals surface area contributed by atoms with Gasteiger partial charge in [-0.05, 0) is 25.1 Å². The summed E-state index contributed by atoms with van der Waals surface area (Å²) in [4.78, 5) is 49.5. The number of anilines is 1. The van der Waals surface area contributed by atoms with Crippen molar-refractivity contribution in [2.24, 2.45) is 10.4 Å². The molecule has 1 saturated heterocycles. The fourth-order valence-electron chi connectivity index (χ4n) is 2.91. The van der Waals surface area contributed by atoms with E-state index in [4.69, 9.17) is 4.74 Å². The number of rotatable bonds is 4. The summed E-state index contributed by atoms with van der Waals surface area (Å²) >= 11 is 3.28. The van der Waals surface area contributed by atoms with Gasteiger partial charge >= 0.3 is 5.97 Å². The van der Waals surface area contributed by atoms with Gasteiger partial charge in [-0.3, -0.25) is 9.59 Å². The minimum absolute atomic E-state index is 0.112. The maximum atomic E-state index is 13.0. The molecule has 0 aromatic heterocycles. The molecule has 0 saturated carbocycles. The number of ether oxygens (including phenoxy) is 1. The molecule has 1 aromatic carbocycles. The van der Waals surface area contributed by atoms with E-state index in [0.29, 0.717) is 15.3 Å². The fraction of sp³-hybridized carbons (Fsp3) is 0.333. The van der Waals surface area contributed by atoms with E-state index in [-0.39, 0.29) is 25.2 Å². The number of hydrazone groups is 1. The second-order valence-electron chi connectivity index (χ2n) is 5.54. The number of imide groups is 1. The van der Waals surface area contributed by atoms with Crippen molar-refractivity contribution >= 4 is 45.1 Å². The molecule has 2 aliphatic rings. The van der Waals surface area contributed by atoms with Gasteiger partial charge in [0.2, 0.25) is 5.91 Å². The number of esters is 1. The average molecular weight is 409 g/mol. The molecule has 130 valence electrons. The molecule has 2 heterocycles. The van der Waals surface area contributed by atoms with E-state index in [1.54, 1.807) is 31.2 Å². The third-order valence-corrected chi connectivity index (χ3v) is 4.50. The Kier molecular flexibility index (Phi) is 4.38. The molecule has 9 nitrogen and oxygen atoms in total. The second kappa shape index (κ2) is 6.36. The van der Waals surface area contributed by atoms with Crippen LogP contribution in [0.4, 0.5) is 5.69 Å². The number of carbonyl (C=O) groups is 3. The maximum absolute atomic E-state index is 13.0. The van der Waals surface area contributed by atoms with Gasteiger partial charge in [-0.2, -0.15) is 0 Å². The van der Waals surface area contributed by atoms with Crippen LogP contribution in [0.3, 0.4) is 0 Å². The van der Waals surface area contributed by atoms with Gasteiger partial charge in [-0.15, -0.1) is 15.1 Å². The lowest BCUT2D eigenvalue weighted by Gasteiger charge is -2.24. The van der Waals surface area contributed by atoms with E-state index >= 15 is 0 Å². The van der Waals surface area contributed by atoms with Crippen molar-refractivity contribution in [2.75, 3.05) is 11.5 Å². The molecule has 1 spiro atoms. The van der Waals surface area contributed by atoms with Crippen LogP contribution >= 0.6 is 15.9 Å². The summed E-state index contributed by atoms with van der Waals surface area (Å²) in [5.74, 6) is -1.90. The quantitative estimate of drug-likeness (QED) is 0.426. The summed E-state index contributed by atoms with van der Waals surface area (Å²) in [6.45, 7) is 1.74. The predicted octanol–water partition coefficient (Wildman–Crippen LogP) is 1.76. The predicted molar refractivity (Wildman–Crippen MR) is 90.3 cm³/mol. The Morgan fingerprint density at radius 3 is 2.80 bits per heavy atom. The van der Waals surface area contributed by atoms with E-state index in [0.717, 1.165) is 4.90 Å². The SMILES string of the molecule is CCOC(=O)C1=NN(N=O)[C@@]2(CC(=O)N(c3cccc(Br)c3)C2=O)C1. The molecule has 0 unspecified atom stereocenters. The standard InChI is InChI=1S/C15H13BrN4O5/c1-2-25-13(22)11-7-15(20(17-11)18-24)8-12(21)19(14(15)23)10-5-3-4-9(16)6-10/h3-6H,2,7-8H2,1H3/t15-/m1/s1. The summed E-state index contributed by atoms with van der Waals surface area (Å²) in [5.41, 5.74) is -1.38. The van der Waals surface area contributed by atoms with Crippen molar-refractivity contribution in [1.82, 2.24) is 5.12 Å². The van der Waals surface area contributed by atoms with E-state index in [9.17, 15) is 19.3 Å². The first kappa shape index (κ1) is 17.2. The number of nitroso groups, excluding NO2 is 1. The summed E-state index contributed by atoms with van der Waals surface area (Å²) in [5, 5.41) is 7.11. The number of hydrogen-bond acceptors (Lipinski definition) is 7. The first-order valence-corrected chi connectivity index (χ1v) is 8.23. The Bertz CT molecular complexity index is 811. The van der Waals surface area contributed by atoms with Crippen molar-refractivity contribution in [3.05, 3.63) is 33.6 Å². The lowest BCUT2D eigenvalue weighted by molar-refractivity contribution is -0.135. The molecule has 1 atom stereocenters. The number of benzene rings is 1. The first-order valence-electron chi connectivity index (χ1n) is 7.44. The van der Waals surface area contributed by atoms with Gasteiger partial charge in [0, 0.05) is 10.9 Å². The highest BCUT2D eigenvalue weighted by molar-refractivity contribution is 9.10. The smallest absolute Gasteiger partial charge is 0.354 e. The zero-order valence-corrected chi connectivity index (χ0v) is 14.7. The molecule has 0 bridgehead atoms. The molecule has 2 amide bonds. The average Bonchev–Trinajstić information content (AvgIpc) is 3.06. The van der Waals surface area contributed by atoms with E-state index in [1.165, 1.54) is 0 Å². The lowest BCUT2D eigenvalue weighted by atomic mass is 9.92. The van der Waals surface area contributed by atoms with Gasteiger partial charge in [0.15, 0.2) is 11.3 Å². The van der Waals surface area contributed by atoms with Crippen molar-refractivity contribution < 1.29 is 19.1 Å². The monoisotopic (exact) mass is 408 g/mol. The van der Waals surface area contributed by atoms with Gasteiger partial charge in [0.05, 0.1) is 24.0 Å². The molecule has 2 aliphatic heterocycles. The van der Waals surface area contributed by atoms with Crippen molar-refractivity contribution in [3.63, 3.8) is 0 Å². The zero-order chi connectivity index (χ0) is 18.2. The summed E-state index contributed by atoms with van der Waals surface area (Å²) in [6, 6.07) is 6.63. The highest BCUT2D eigenvalue weighted by atomic mass is 79.9. The molecule has 1 aromatic rings. The normalized spacial score (nSPS) is 22.6. The van der Waals surface area contributed by atoms with Gasteiger partial charge in [0.25, 0.3) is 5.91 Å². The number of carbonyl (C=O) groups excluding carboxylic acids is 3. The van der Waals surface area contributed by atoms with Crippen molar-refractivity contribution in [1.29, 1.82) is 0 Å². The summed E-state index contributed by atoms with van der Waals surface area (Å²) < 4.78 is 5.54. The lowest BCUT2D eigenvalue weighted by Crippen LogP contribution is -2.48. The maximum Gasteiger partial charge on any atom is 0.354 e. The molecule has 1 fully saturated rings.